The van der Waals surface area contributed by atoms with E-state index in [1.807, 2.05) is 10.7 Å². The average molecular weight is 315 g/mol. The van der Waals surface area contributed by atoms with Crippen molar-refractivity contribution in [1.82, 2.24) is 30.3 Å². The van der Waals surface area contributed by atoms with E-state index in [2.05, 4.69) is 51.7 Å². The van der Waals surface area contributed by atoms with Gasteiger partial charge in [-0.3, -0.25) is 5.32 Å². The summed E-state index contributed by atoms with van der Waals surface area (Å²) in [5.41, 5.74) is 0.820. The van der Waals surface area contributed by atoms with Gasteiger partial charge in [0.05, 0.1) is 18.3 Å². The van der Waals surface area contributed by atoms with Gasteiger partial charge in [0.1, 0.15) is 12.2 Å². The van der Waals surface area contributed by atoms with Crippen molar-refractivity contribution < 1.29 is 4.79 Å². The fraction of sp³-hybridized carbons (Fsp3) is 0.533. The first-order chi connectivity index (χ1) is 10.9. The third-order valence-electron chi connectivity index (χ3n) is 3.82. The van der Waals surface area contributed by atoms with Crippen LogP contribution in [-0.2, 0) is 18.4 Å². The summed E-state index contributed by atoms with van der Waals surface area (Å²) in [6.07, 6.45) is 3.20. The van der Waals surface area contributed by atoms with Crippen LogP contribution in [0.5, 0.6) is 0 Å². The molecule has 0 aliphatic carbocycles. The van der Waals surface area contributed by atoms with E-state index >= 15 is 0 Å². The SMILES string of the molecule is CC(C)(C)c1ccc(NC(=O)N[C@@H]2CCc3ncnn3C2)nn1. The molecule has 2 aromatic rings. The number of hydrogen-bond acceptors (Lipinski definition) is 5. The highest BCUT2D eigenvalue weighted by Crippen LogP contribution is 2.19. The molecule has 1 atom stereocenters. The molecule has 0 radical (unpaired) electrons. The number of aryl methyl sites for hydroxylation is 1. The molecule has 1 aliphatic rings. The van der Waals surface area contributed by atoms with Crippen LogP contribution in [0.25, 0.3) is 0 Å². The van der Waals surface area contributed by atoms with Crippen LogP contribution in [0.1, 0.15) is 38.7 Å². The molecule has 122 valence electrons. The highest BCUT2D eigenvalue weighted by molar-refractivity contribution is 5.88. The molecule has 8 nitrogen and oxygen atoms in total. The zero-order chi connectivity index (χ0) is 16.4. The predicted molar refractivity (Wildman–Crippen MR) is 85.0 cm³/mol. The molecular formula is C15H21N7O. The first-order valence-electron chi connectivity index (χ1n) is 7.70. The van der Waals surface area contributed by atoms with Gasteiger partial charge in [0.15, 0.2) is 5.82 Å². The summed E-state index contributed by atoms with van der Waals surface area (Å²) >= 11 is 0. The fourth-order valence-electron chi connectivity index (χ4n) is 2.49. The first kappa shape index (κ1) is 15.4. The van der Waals surface area contributed by atoms with Gasteiger partial charge >= 0.3 is 6.03 Å². The minimum Gasteiger partial charge on any atom is -0.333 e. The van der Waals surface area contributed by atoms with Crippen molar-refractivity contribution in [3.63, 3.8) is 0 Å². The number of nitrogens with one attached hydrogen (secondary N) is 2. The Balaban J connectivity index is 1.56. The highest BCUT2D eigenvalue weighted by Gasteiger charge is 2.21. The smallest absolute Gasteiger partial charge is 0.320 e. The van der Waals surface area contributed by atoms with E-state index in [0.29, 0.717) is 12.4 Å². The Kier molecular flexibility index (Phi) is 3.97. The van der Waals surface area contributed by atoms with Crippen LogP contribution < -0.4 is 10.6 Å². The average Bonchev–Trinajstić information content (AvgIpc) is 2.94. The van der Waals surface area contributed by atoms with Crippen LogP contribution in [0.4, 0.5) is 10.6 Å². The van der Waals surface area contributed by atoms with Crippen LogP contribution in [0.3, 0.4) is 0 Å². The molecule has 0 spiro atoms. The molecule has 2 amide bonds. The van der Waals surface area contributed by atoms with Crippen LogP contribution in [0.2, 0.25) is 0 Å². The van der Waals surface area contributed by atoms with Gasteiger partial charge in [-0.15, -0.1) is 5.10 Å². The number of urea groups is 1. The third-order valence-corrected chi connectivity index (χ3v) is 3.82. The molecule has 3 rings (SSSR count). The maximum Gasteiger partial charge on any atom is 0.320 e. The number of anilines is 1. The summed E-state index contributed by atoms with van der Waals surface area (Å²) in [4.78, 5) is 16.2. The number of carbonyl (C=O) groups excluding carboxylic acids is 1. The van der Waals surface area contributed by atoms with Gasteiger partial charge in [-0.05, 0) is 18.6 Å². The van der Waals surface area contributed by atoms with Gasteiger partial charge in [0.25, 0.3) is 0 Å². The number of rotatable bonds is 2. The molecule has 0 saturated carbocycles. The van der Waals surface area contributed by atoms with Crippen LogP contribution in [-0.4, -0.2) is 37.0 Å². The molecule has 0 aromatic carbocycles. The lowest BCUT2D eigenvalue weighted by atomic mass is 9.92. The van der Waals surface area contributed by atoms with Gasteiger partial charge in [0.2, 0.25) is 0 Å². The minimum absolute atomic E-state index is 0.0333. The van der Waals surface area contributed by atoms with Crippen molar-refractivity contribution in [2.75, 3.05) is 5.32 Å². The van der Waals surface area contributed by atoms with E-state index in [1.54, 1.807) is 12.4 Å². The van der Waals surface area contributed by atoms with Gasteiger partial charge in [-0.2, -0.15) is 10.2 Å². The summed E-state index contributed by atoms with van der Waals surface area (Å²) in [5, 5.41) is 18.0. The third kappa shape index (κ3) is 3.64. The Morgan fingerprint density at radius 2 is 2.13 bits per heavy atom. The van der Waals surface area contributed by atoms with Crippen LogP contribution >= 0.6 is 0 Å². The monoisotopic (exact) mass is 315 g/mol. The summed E-state index contributed by atoms with van der Waals surface area (Å²) < 4.78 is 1.83. The predicted octanol–water partition coefficient (Wildman–Crippen LogP) is 1.50. The van der Waals surface area contributed by atoms with Crippen molar-refractivity contribution in [2.24, 2.45) is 0 Å². The Morgan fingerprint density at radius 3 is 2.83 bits per heavy atom. The molecule has 0 fully saturated rings. The molecule has 2 aromatic heterocycles. The zero-order valence-corrected chi connectivity index (χ0v) is 13.6. The first-order valence-corrected chi connectivity index (χ1v) is 7.70. The largest absolute Gasteiger partial charge is 0.333 e. The maximum absolute atomic E-state index is 12.1. The lowest BCUT2D eigenvalue weighted by molar-refractivity contribution is 0.243. The standard InChI is InChI=1S/C15H21N7O/c1-15(2,3)11-5-6-12(21-20-11)19-14(23)18-10-4-7-13-16-9-17-22(13)8-10/h5-6,9-10H,4,7-8H2,1-3H3,(H2,18,19,21,23)/t10-/m1/s1. The topological polar surface area (TPSA) is 97.6 Å². The Morgan fingerprint density at radius 1 is 1.30 bits per heavy atom. The van der Waals surface area contributed by atoms with Crippen molar-refractivity contribution in [3.8, 4) is 0 Å². The van der Waals surface area contributed by atoms with Crippen molar-refractivity contribution in [2.45, 2.75) is 51.6 Å². The normalized spacial score (nSPS) is 17.4. The van der Waals surface area contributed by atoms with E-state index in [9.17, 15) is 4.79 Å². The van der Waals surface area contributed by atoms with E-state index < -0.39 is 0 Å². The summed E-state index contributed by atoms with van der Waals surface area (Å²) in [6, 6.07) is 3.40. The van der Waals surface area contributed by atoms with Gasteiger partial charge in [-0.1, -0.05) is 20.8 Å². The zero-order valence-electron chi connectivity index (χ0n) is 13.6. The van der Waals surface area contributed by atoms with Crippen LogP contribution in [0.15, 0.2) is 18.5 Å². The number of nitrogens with zero attached hydrogens (tertiary/aromatic N) is 5. The van der Waals surface area contributed by atoms with Crippen molar-refractivity contribution >= 4 is 11.8 Å². The van der Waals surface area contributed by atoms with E-state index in [0.717, 1.165) is 24.4 Å². The van der Waals surface area contributed by atoms with Crippen LogP contribution in [0, 0.1) is 0 Å². The van der Waals surface area contributed by atoms with Gasteiger partial charge in [0, 0.05) is 11.8 Å². The maximum atomic E-state index is 12.1. The van der Waals surface area contributed by atoms with E-state index in [4.69, 9.17) is 0 Å². The lowest BCUT2D eigenvalue weighted by Gasteiger charge is -2.23. The highest BCUT2D eigenvalue weighted by atomic mass is 16.2. The summed E-state index contributed by atoms with van der Waals surface area (Å²) in [5.74, 6) is 1.40. The summed E-state index contributed by atoms with van der Waals surface area (Å²) in [6.45, 7) is 6.84. The minimum atomic E-state index is -0.281. The van der Waals surface area contributed by atoms with Gasteiger partial charge < -0.3 is 5.32 Å². The van der Waals surface area contributed by atoms with Crippen molar-refractivity contribution in [3.05, 3.63) is 30.0 Å². The molecule has 2 N–H and O–H groups in total. The van der Waals surface area contributed by atoms with Gasteiger partial charge in [-0.25, -0.2) is 14.5 Å². The van der Waals surface area contributed by atoms with E-state index in [-0.39, 0.29) is 17.5 Å². The number of carbonyl (C=O) groups is 1. The molecule has 0 unspecified atom stereocenters. The number of aromatic nitrogens is 5. The number of fused-ring (bicyclic) bond motifs is 1. The molecule has 0 saturated heterocycles. The Bertz CT molecular complexity index is 687. The Hall–Kier alpha value is -2.51. The molecular weight excluding hydrogens is 294 g/mol. The fourth-order valence-corrected chi connectivity index (χ4v) is 2.49. The second kappa shape index (κ2) is 5.94. The molecule has 0 bridgehead atoms. The quantitative estimate of drug-likeness (QED) is 0.875. The number of amides is 2. The Labute approximate surface area is 134 Å². The lowest BCUT2D eigenvalue weighted by Crippen LogP contribution is -2.43. The molecule has 23 heavy (non-hydrogen) atoms. The molecule has 3 heterocycles. The summed E-state index contributed by atoms with van der Waals surface area (Å²) in [7, 11) is 0. The van der Waals surface area contributed by atoms with Crippen molar-refractivity contribution in [1.29, 1.82) is 0 Å². The molecule has 8 heteroatoms. The second-order valence-corrected chi connectivity index (χ2v) is 6.75. The second-order valence-electron chi connectivity index (χ2n) is 6.75. The van der Waals surface area contributed by atoms with E-state index in [1.165, 1.54) is 0 Å². The number of hydrogen-bond donors (Lipinski definition) is 2. The molecule has 1 aliphatic heterocycles.